The van der Waals surface area contributed by atoms with Gasteiger partial charge in [-0.25, -0.2) is 0 Å². The summed E-state index contributed by atoms with van der Waals surface area (Å²) in [7, 11) is 0. The van der Waals surface area contributed by atoms with E-state index in [9.17, 15) is 0 Å². The van der Waals surface area contributed by atoms with Gasteiger partial charge >= 0.3 is 0 Å². The second-order valence-corrected chi connectivity index (χ2v) is 4.49. The van der Waals surface area contributed by atoms with Crippen LogP contribution in [-0.4, -0.2) is 10.2 Å². The molecule has 0 fully saturated rings. The molecule has 0 aliphatic heterocycles. The van der Waals surface area contributed by atoms with Gasteiger partial charge in [0.2, 0.25) is 5.89 Å². The predicted molar refractivity (Wildman–Crippen MR) is 60.1 cm³/mol. The van der Waals surface area contributed by atoms with E-state index in [1.165, 1.54) is 0 Å². The van der Waals surface area contributed by atoms with Gasteiger partial charge < -0.3 is 4.42 Å². The van der Waals surface area contributed by atoms with Crippen LogP contribution in [0.4, 0.5) is 0 Å². The maximum Gasteiger partial charge on any atom is 0.285 e. The lowest BCUT2D eigenvalue weighted by Gasteiger charge is -1.98. The zero-order valence-corrected chi connectivity index (χ0v) is 10.6. The smallest absolute Gasteiger partial charge is 0.285 e. The van der Waals surface area contributed by atoms with Gasteiger partial charge in [0, 0.05) is 20.4 Å². The molecule has 72 valence electrons. The summed E-state index contributed by atoms with van der Waals surface area (Å²) in [6.45, 7) is 0. The number of nitrogens with zero attached hydrogens (tertiary/aromatic N) is 2. The highest BCUT2D eigenvalue weighted by Crippen LogP contribution is 2.30. The van der Waals surface area contributed by atoms with Crippen molar-refractivity contribution < 1.29 is 4.42 Å². The Morgan fingerprint density at radius 1 is 1.21 bits per heavy atom. The summed E-state index contributed by atoms with van der Waals surface area (Å²) >= 11 is 12.4. The van der Waals surface area contributed by atoms with Gasteiger partial charge in [-0.05, 0) is 18.2 Å². The van der Waals surface area contributed by atoms with E-state index >= 15 is 0 Å². The third kappa shape index (κ3) is 1.99. The van der Waals surface area contributed by atoms with Gasteiger partial charge in [0.25, 0.3) is 4.80 Å². The van der Waals surface area contributed by atoms with Gasteiger partial charge in [0.15, 0.2) is 0 Å². The number of rotatable bonds is 1. The van der Waals surface area contributed by atoms with E-state index in [0.717, 1.165) is 4.47 Å². The lowest BCUT2D eigenvalue weighted by atomic mass is 10.2. The molecule has 0 spiro atoms. The monoisotopic (exact) mass is 336 g/mol. The van der Waals surface area contributed by atoms with Crippen LogP contribution in [0.25, 0.3) is 11.5 Å². The van der Waals surface area contributed by atoms with Gasteiger partial charge in [0.1, 0.15) is 0 Å². The number of hydrogen-bond acceptors (Lipinski definition) is 3. The molecule has 3 nitrogen and oxygen atoms in total. The first-order valence-electron chi connectivity index (χ1n) is 3.61. The Bertz CT molecular complexity index is 472. The zero-order valence-electron chi connectivity index (χ0n) is 6.67. The zero-order chi connectivity index (χ0) is 10.1. The van der Waals surface area contributed by atoms with Crippen molar-refractivity contribution in [3.05, 3.63) is 32.5 Å². The summed E-state index contributed by atoms with van der Waals surface area (Å²) in [5, 5.41) is 8.06. The molecule has 0 aliphatic rings. The van der Waals surface area contributed by atoms with Gasteiger partial charge in [-0.2, -0.15) is 0 Å². The highest BCUT2D eigenvalue weighted by atomic mass is 79.9. The van der Waals surface area contributed by atoms with Crippen LogP contribution in [0.2, 0.25) is 5.02 Å². The first kappa shape index (κ1) is 10.1. The maximum atomic E-state index is 6.00. The van der Waals surface area contributed by atoms with E-state index < -0.39 is 0 Å². The van der Waals surface area contributed by atoms with Gasteiger partial charge in [0.05, 0.1) is 10.6 Å². The molecule has 2 aromatic rings. The first-order valence-corrected chi connectivity index (χ1v) is 5.57. The second-order valence-electron chi connectivity index (χ2n) is 2.48. The number of hydrogen-bond donors (Lipinski definition) is 0. The van der Waals surface area contributed by atoms with Crippen molar-refractivity contribution in [1.29, 1.82) is 0 Å². The molecule has 0 bridgehead atoms. The molecule has 0 saturated heterocycles. The van der Waals surface area contributed by atoms with Gasteiger partial charge in [-0.15, -0.1) is 10.2 Å². The highest BCUT2D eigenvalue weighted by Gasteiger charge is 2.10. The Labute approximate surface area is 102 Å². The fourth-order valence-electron chi connectivity index (χ4n) is 0.977. The summed E-state index contributed by atoms with van der Waals surface area (Å²) in [6, 6.07) is 5.45. The lowest BCUT2D eigenvalue weighted by Crippen LogP contribution is -1.79. The van der Waals surface area contributed by atoms with Crippen molar-refractivity contribution in [3.8, 4) is 11.5 Å². The largest absolute Gasteiger partial charge is 0.411 e. The number of aromatic nitrogens is 2. The fourth-order valence-corrected chi connectivity index (χ4v) is 1.96. The Balaban J connectivity index is 2.52. The van der Waals surface area contributed by atoms with Crippen LogP contribution in [0, 0.1) is 0 Å². The third-order valence-corrected chi connectivity index (χ3v) is 2.69. The summed E-state index contributed by atoms with van der Waals surface area (Å²) in [5.41, 5.74) is 0.716. The van der Waals surface area contributed by atoms with Crippen molar-refractivity contribution in [3.63, 3.8) is 0 Å². The normalized spacial score (nSPS) is 10.5. The molecule has 6 heteroatoms. The molecule has 0 aliphatic carbocycles. The van der Waals surface area contributed by atoms with Crippen LogP contribution >= 0.6 is 43.5 Å². The molecule has 0 N–H and O–H groups in total. The molecule has 0 atom stereocenters. The van der Waals surface area contributed by atoms with Crippen molar-refractivity contribution in [1.82, 2.24) is 10.2 Å². The van der Waals surface area contributed by atoms with Crippen LogP contribution in [-0.2, 0) is 0 Å². The molecule has 2 rings (SSSR count). The van der Waals surface area contributed by atoms with Crippen molar-refractivity contribution in [2.45, 2.75) is 0 Å². The molecule has 14 heavy (non-hydrogen) atoms. The average Bonchev–Trinajstić information content (AvgIpc) is 2.51. The topological polar surface area (TPSA) is 38.9 Å². The minimum atomic E-state index is 0.339. The van der Waals surface area contributed by atoms with Crippen LogP contribution in [0.5, 0.6) is 0 Å². The van der Waals surface area contributed by atoms with Crippen molar-refractivity contribution in [2.24, 2.45) is 0 Å². The van der Waals surface area contributed by atoms with Crippen LogP contribution in [0.15, 0.2) is 31.9 Å². The van der Waals surface area contributed by atoms with Crippen LogP contribution < -0.4 is 0 Å². The first-order chi connectivity index (χ1) is 6.66. The molecular formula is C8H3Br2ClN2O. The van der Waals surface area contributed by atoms with Crippen molar-refractivity contribution in [2.75, 3.05) is 0 Å². The third-order valence-electron chi connectivity index (χ3n) is 1.56. The SMILES string of the molecule is Clc1cc(Br)ccc1-c1nnc(Br)o1. The fraction of sp³-hybridized carbons (Fsp3) is 0. The van der Waals surface area contributed by atoms with E-state index in [2.05, 4.69) is 42.1 Å². The summed E-state index contributed by atoms with van der Waals surface area (Å²) < 4.78 is 6.09. The van der Waals surface area contributed by atoms with Crippen LogP contribution in [0.3, 0.4) is 0 Å². The van der Waals surface area contributed by atoms with Crippen LogP contribution in [0.1, 0.15) is 0 Å². The summed E-state index contributed by atoms with van der Waals surface area (Å²) in [5.74, 6) is 0.398. The van der Waals surface area contributed by atoms with Gasteiger partial charge in [-0.1, -0.05) is 27.5 Å². The van der Waals surface area contributed by atoms with Gasteiger partial charge in [-0.3, -0.25) is 0 Å². The number of benzene rings is 1. The van der Waals surface area contributed by atoms with E-state index in [4.69, 9.17) is 16.0 Å². The van der Waals surface area contributed by atoms with E-state index in [-0.39, 0.29) is 0 Å². The lowest BCUT2D eigenvalue weighted by molar-refractivity contribution is 0.540. The quantitative estimate of drug-likeness (QED) is 0.791. The number of halogens is 3. The van der Waals surface area contributed by atoms with E-state index in [1.807, 2.05) is 12.1 Å². The average molecular weight is 338 g/mol. The van der Waals surface area contributed by atoms with E-state index in [0.29, 0.717) is 21.3 Å². The molecule has 1 aromatic carbocycles. The van der Waals surface area contributed by atoms with E-state index in [1.54, 1.807) is 6.07 Å². The molecule has 1 heterocycles. The highest BCUT2D eigenvalue weighted by molar-refractivity contribution is 9.10. The Morgan fingerprint density at radius 3 is 2.57 bits per heavy atom. The Hall–Kier alpha value is -0.390. The molecule has 0 amide bonds. The Morgan fingerprint density at radius 2 is 2.00 bits per heavy atom. The minimum absolute atomic E-state index is 0.339. The minimum Gasteiger partial charge on any atom is -0.411 e. The van der Waals surface area contributed by atoms with Crippen molar-refractivity contribution >= 4 is 43.5 Å². The Kier molecular flexibility index (Phi) is 2.90. The maximum absolute atomic E-state index is 6.00. The summed E-state index contributed by atoms with van der Waals surface area (Å²) in [4.78, 5) is 0.339. The molecule has 0 radical (unpaired) electrons. The molecule has 1 aromatic heterocycles. The summed E-state index contributed by atoms with van der Waals surface area (Å²) in [6.07, 6.45) is 0. The standard InChI is InChI=1S/C8H3Br2ClN2O/c9-4-1-2-5(6(11)3-4)7-12-13-8(10)14-7/h1-3H. The molecule has 0 unspecified atom stereocenters. The second kappa shape index (κ2) is 4.00. The molecule has 0 saturated carbocycles. The molecular weight excluding hydrogens is 335 g/mol. The predicted octanol–water partition coefficient (Wildman–Crippen LogP) is 3.92.